The van der Waals surface area contributed by atoms with Gasteiger partial charge in [0.1, 0.15) is 5.75 Å². The number of carbonyl (C=O) groups excluding carboxylic acids is 1. The van der Waals surface area contributed by atoms with Gasteiger partial charge in [-0.1, -0.05) is 17.7 Å². The summed E-state index contributed by atoms with van der Waals surface area (Å²) in [6.07, 6.45) is 0.997. The number of rotatable bonds is 5. The van der Waals surface area contributed by atoms with Crippen LogP contribution in [0.4, 0.5) is 5.13 Å². The number of ether oxygens (including phenoxy) is 1. The lowest BCUT2D eigenvalue weighted by Crippen LogP contribution is -2.30. The van der Waals surface area contributed by atoms with Crippen LogP contribution in [0.5, 0.6) is 5.75 Å². The van der Waals surface area contributed by atoms with Gasteiger partial charge < -0.3 is 4.74 Å². The average molecular weight is 414 g/mol. The second kappa shape index (κ2) is 8.31. The van der Waals surface area contributed by atoms with Gasteiger partial charge in [-0.3, -0.25) is 15.0 Å². The van der Waals surface area contributed by atoms with Gasteiger partial charge in [-0.2, -0.15) is 0 Å². The zero-order valence-electron chi connectivity index (χ0n) is 15.4. The third-order valence-corrected chi connectivity index (χ3v) is 5.83. The van der Waals surface area contributed by atoms with Crippen LogP contribution < -0.4 is 10.1 Å². The molecular formula is C21H20ClN3O2S. The van der Waals surface area contributed by atoms with Crippen LogP contribution in [0.15, 0.2) is 47.8 Å². The van der Waals surface area contributed by atoms with Gasteiger partial charge in [-0.25, -0.2) is 4.98 Å². The third-order valence-electron chi connectivity index (χ3n) is 4.77. The number of methoxy groups -OCH3 is 1. The number of halogens is 1. The van der Waals surface area contributed by atoms with Crippen molar-refractivity contribution in [1.82, 2.24) is 9.88 Å². The van der Waals surface area contributed by atoms with Gasteiger partial charge in [-0.15, -0.1) is 11.3 Å². The lowest BCUT2D eigenvalue weighted by molar-refractivity contribution is 0.102. The highest BCUT2D eigenvalue weighted by Crippen LogP contribution is 2.25. The van der Waals surface area contributed by atoms with Crippen LogP contribution in [0.3, 0.4) is 0 Å². The predicted octanol–water partition coefficient (Wildman–Crippen LogP) is 4.62. The summed E-state index contributed by atoms with van der Waals surface area (Å²) in [6.45, 7) is 2.63. The lowest BCUT2D eigenvalue weighted by Gasteiger charge is -2.28. The smallest absolute Gasteiger partial charge is 0.257 e. The predicted molar refractivity (Wildman–Crippen MR) is 112 cm³/mol. The van der Waals surface area contributed by atoms with E-state index >= 15 is 0 Å². The molecule has 0 atom stereocenters. The second-order valence-electron chi connectivity index (χ2n) is 6.70. The first kappa shape index (κ1) is 18.9. The van der Waals surface area contributed by atoms with Crippen LogP contribution >= 0.6 is 22.9 Å². The topological polar surface area (TPSA) is 54.5 Å². The largest absolute Gasteiger partial charge is 0.497 e. The van der Waals surface area contributed by atoms with Gasteiger partial charge >= 0.3 is 0 Å². The first-order chi connectivity index (χ1) is 13.6. The maximum atomic E-state index is 12.3. The van der Waals surface area contributed by atoms with E-state index in [-0.39, 0.29) is 5.91 Å². The number of hydrogen-bond acceptors (Lipinski definition) is 5. The van der Waals surface area contributed by atoms with E-state index in [2.05, 4.69) is 27.3 Å². The number of nitrogens with zero attached hydrogens (tertiary/aromatic N) is 2. The van der Waals surface area contributed by atoms with Gasteiger partial charge in [0.25, 0.3) is 5.91 Å². The summed E-state index contributed by atoms with van der Waals surface area (Å²) in [5, 5.41) is 6.07. The van der Waals surface area contributed by atoms with Gasteiger partial charge in [0.15, 0.2) is 5.13 Å². The van der Waals surface area contributed by atoms with Gasteiger partial charge in [0.05, 0.1) is 12.8 Å². The molecule has 0 saturated carbocycles. The minimum absolute atomic E-state index is 0.182. The fourth-order valence-electron chi connectivity index (χ4n) is 3.29. The molecule has 0 bridgehead atoms. The Morgan fingerprint density at radius 2 is 2.07 bits per heavy atom. The van der Waals surface area contributed by atoms with Crippen molar-refractivity contribution in [2.24, 2.45) is 0 Å². The molecule has 0 radical (unpaired) electrons. The summed E-state index contributed by atoms with van der Waals surface area (Å²) in [6, 6.07) is 13.1. The molecule has 4 rings (SSSR count). The molecule has 144 valence electrons. The van der Waals surface area contributed by atoms with Crippen molar-refractivity contribution in [1.29, 1.82) is 0 Å². The number of anilines is 1. The molecule has 0 aliphatic carbocycles. The monoisotopic (exact) mass is 413 g/mol. The van der Waals surface area contributed by atoms with Gasteiger partial charge in [-0.05, 0) is 53.9 Å². The summed E-state index contributed by atoms with van der Waals surface area (Å²) in [7, 11) is 1.70. The highest BCUT2D eigenvalue weighted by molar-refractivity contribution is 7.14. The molecule has 1 aliphatic rings. The molecule has 0 fully saturated rings. The standard InChI is InChI=1S/C21H20ClN3O2S/c1-27-19-7-4-16-11-25(9-8-15(16)10-19)12-18-13-28-21(23-18)24-20(26)14-2-5-17(22)6-3-14/h2-7,10,13H,8-9,11-12H2,1H3,(H,23,24,26). The maximum Gasteiger partial charge on any atom is 0.257 e. The molecule has 1 aliphatic heterocycles. The van der Waals surface area contributed by atoms with Crippen LogP contribution in [0.25, 0.3) is 0 Å². The molecule has 0 unspecified atom stereocenters. The SMILES string of the molecule is COc1ccc2c(c1)CCN(Cc1csc(NC(=O)c3ccc(Cl)cc3)n1)C2. The van der Waals surface area contributed by atoms with E-state index in [4.69, 9.17) is 16.3 Å². The van der Waals surface area contributed by atoms with Crippen LogP contribution in [0.2, 0.25) is 5.02 Å². The molecule has 1 amide bonds. The minimum Gasteiger partial charge on any atom is -0.497 e. The Balaban J connectivity index is 1.37. The molecule has 1 aromatic heterocycles. The van der Waals surface area contributed by atoms with Crippen molar-refractivity contribution in [3.8, 4) is 5.75 Å². The van der Waals surface area contributed by atoms with E-state index in [1.54, 1.807) is 31.4 Å². The Bertz CT molecular complexity index is 988. The minimum atomic E-state index is -0.182. The number of benzene rings is 2. The number of amides is 1. The number of carbonyl (C=O) groups is 1. The molecule has 5 nitrogen and oxygen atoms in total. The third kappa shape index (κ3) is 4.35. The zero-order chi connectivity index (χ0) is 19.5. The van der Waals surface area contributed by atoms with Gasteiger partial charge in [0, 0.05) is 35.6 Å². The highest BCUT2D eigenvalue weighted by atomic mass is 35.5. The molecule has 0 saturated heterocycles. The van der Waals surface area contributed by atoms with Crippen molar-refractivity contribution < 1.29 is 9.53 Å². The van der Waals surface area contributed by atoms with E-state index < -0.39 is 0 Å². The van der Waals surface area contributed by atoms with Crippen molar-refractivity contribution in [3.63, 3.8) is 0 Å². The number of hydrogen-bond donors (Lipinski definition) is 1. The summed E-state index contributed by atoms with van der Waals surface area (Å²) < 4.78 is 5.31. The number of aromatic nitrogens is 1. The molecule has 1 N–H and O–H groups in total. The average Bonchev–Trinajstić information content (AvgIpc) is 3.14. The lowest BCUT2D eigenvalue weighted by atomic mass is 9.99. The van der Waals surface area contributed by atoms with Gasteiger partial charge in [0.2, 0.25) is 0 Å². The summed E-state index contributed by atoms with van der Waals surface area (Å²) in [5.41, 5.74) is 4.21. The van der Waals surface area contributed by atoms with Crippen molar-refractivity contribution in [2.45, 2.75) is 19.5 Å². The van der Waals surface area contributed by atoms with Crippen LogP contribution in [-0.4, -0.2) is 29.4 Å². The fourth-order valence-corrected chi connectivity index (χ4v) is 4.11. The normalized spacial score (nSPS) is 13.8. The first-order valence-electron chi connectivity index (χ1n) is 9.00. The van der Waals surface area contributed by atoms with E-state index in [1.165, 1.54) is 22.5 Å². The zero-order valence-corrected chi connectivity index (χ0v) is 17.0. The Kier molecular flexibility index (Phi) is 5.62. The molecule has 3 aromatic rings. The Morgan fingerprint density at radius 3 is 2.86 bits per heavy atom. The van der Waals surface area contributed by atoms with Crippen molar-refractivity contribution in [3.05, 3.63) is 75.3 Å². The number of thiazole rings is 1. The quantitative estimate of drug-likeness (QED) is 0.663. The molecule has 2 aromatic carbocycles. The van der Waals surface area contributed by atoms with E-state index in [0.717, 1.165) is 37.5 Å². The number of fused-ring (bicyclic) bond motifs is 1. The highest BCUT2D eigenvalue weighted by Gasteiger charge is 2.18. The Hall–Kier alpha value is -2.41. The van der Waals surface area contributed by atoms with Crippen LogP contribution in [0, 0.1) is 0 Å². The van der Waals surface area contributed by atoms with Crippen molar-refractivity contribution in [2.75, 3.05) is 19.0 Å². The first-order valence-corrected chi connectivity index (χ1v) is 10.3. The maximum absolute atomic E-state index is 12.3. The van der Waals surface area contributed by atoms with E-state index in [0.29, 0.717) is 15.7 Å². The molecule has 28 heavy (non-hydrogen) atoms. The molecule has 7 heteroatoms. The van der Waals surface area contributed by atoms with E-state index in [9.17, 15) is 4.79 Å². The Labute approximate surface area is 172 Å². The molecule has 2 heterocycles. The van der Waals surface area contributed by atoms with Crippen molar-refractivity contribution >= 4 is 34.0 Å². The van der Waals surface area contributed by atoms with E-state index in [1.807, 2.05) is 11.4 Å². The summed E-state index contributed by atoms with van der Waals surface area (Å²) in [4.78, 5) is 19.2. The molecular weight excluding hydrogens is 394 g/mol. The fraction of sp³-hybridized carbons (Fsp3) is 0.238. The van der Waals surface area contributed by atoms with Crippen LogP contribution in [0.1, 0.15) is 27.2 Å². The number of nitrogens with one attached hydrogen (secondary N) is 1. The summed E-state index contributed by atoms with van der Waals surface area (Å²) >= 11 is 7.31. The molecule has 0 spiro atoms. The second-order valence-corrected chi connectivity index (χ2v) is 7.99. The van der Waals surface area contributed by atoms with Crippen LogP contribution in [-0.2, 0) is 19.5 Å². The Morgan fingerprint density at radius 1 is 1.25 bits per heavy atom. The summed E-state index contributed by atoms with van der Waals surface area (Å²) in [5.74, 6) is 0.728.